The predicted molar refractivity (Wildman–Crippen MR) is 86.2 cm³/mol. The summed E-state index contributed by atoms with van der Waals surface area (Å²) in [6.45, 7) is 2.40. The highest BCUT2D eigenvalue weighted by Crippen LogP contribution is 2.34. The minimum Gasteiger partial charge on any atom is -0.394 e. The van der Waals surface area contributed by atoms with Crippen molar-refractivity contribution < 1.29 is 20.1 Å². The summed E-state index contributed by atoms with van der Waals surface area (Å²) < 4.78 is 7.16. The van der Waals surface area contributed by atoms with E-state index in [0.29, 0.717) is 19.0 Å². The van der Waals surface area contributed by atoms with Gasteiger partial charge in [-0.25, -0.2) is 9.97 Å². The number of rotatable bonds is 3. The van der Waals surface area contributed by atoms with Gasteiger partial charge in [0.1, 0.15) is 18.3 Å². The van der Waals surface area contributed by atoms with Crippen molar-refractivity contribution in [2.75, 3.05) is 37.7 Å². The number of aromatic amines is 1. The fourth-order valence-corrected chi connectivity index (χ4v) is 3.32. The number of fused-ring (bicyclic) bond motifs is 1. The van der Waals surface area contributed by atoms with Crippen LogP contribution in [0.25, 0.3) is 11.2 Å². The van der Waals surface area contributed by atoms with Gasteiger partial charge in [0.2, 0.25) is 5.95 Å². The zero-order chi connectivity index (χ0) is 17.6. The van der Waals surface area contributed by atoms with Gasteiger partial charge in [0, 0.05) is 26.2 Å². The van der Waals surface area contributed by atoms with Gasteiger partial charge in [0.15, 0.2) is 17.4 Å². The van der Waals surface area contributed by atoms with Gasteiger partial charge in [0.05, 0.1) is 12.9 Å². The van der Waals surface area contributed by atoms with E-state index < -0.39 is 36.7 Å². The molecule has 25 heavy (non-hydrogen) atoms. The molecule has 2 aromatic rings. The Labute approximate surface area is 141 Å². The van der Waals surface area contributed by atoms with E-state index in [1.807, 2.05) is 4.90 Å². The Kier molecular flexibility index (Phi) is 4.17. The molecule has 2 aromatic heterocycles. The zero-order valence-corrected chi connectivity index (χ0v) is 13.4. The summed E-state index contributed by atoms with van der Waals surface area (Å²) >= 11 is 0. The van der Waals surface area contributed by atoms with Crippen molar-refractivity contribution in [3.63, 3.8) is 0 Å². The monoisotopic (exact) mass is 352 g/mol. The molecule has 0 amide bonds. The van der Waals surface area contributed by atoms with E-state index in [1.54, 1.807) is 0 Å². The summed E-state index contributed by atoms with van der Waals surface area (Å²) in [4.78, 5) is 25.2. The van der Waals surface area contributed by atoms with Crippen LogP contribution in [0.5, 0.6) is 0 Å². The maximum atomic E-state index is 12.1. The quantitative estimate of drug-likeness (QED) is 0.393. The fraction of sp³-hybridized carbons (Fsp3) is 0.643. The lowest BCUT2D eigenvalue weighted by Crippen LogP contribution is -2.45. The van der Waals surface area contributed by atoms with Crippen molar-refractivity contribution in [1.29, 1.82) is 0 Å². The molecule has 4 atom stereocenters. The maximum Gasteiger partial charge on any atom is 0.278 e. The van der Waals surface area contributed by atoms with E-state index in [1.165, 1.54) is 10.9 Å². The Morgan fingerprint density at radius 3 is 2.72 bits per heavy atom. The number of ether oxygens (including phenoxy) is 1. The van der Waals surface area contributed by atoms with Crippen LogP contribution >= 0.6 is 0 Å². The van der Waals surface area contributed by atoms with Gasteiger partial charge in [0.25, 0.3) is 5.56 Å². The molecule has 11 nitrogen and oxygen atoms in total. The molecule has 5 N–H and O–H groups in total. The number of imidazole rings is 1. The predicted octanol–water partition coefficient (Wildman–Crippen LogP) is -2.86. The first kappa shape index (κ1) is 16.4. The number of aromatic nitrogens is 4. The van der Waals surface area contributed by atoms with Crippen molar-refractivity contribution in [3.8, 4) is 0 Å². The van der Waals surface area contributed by atoms with E-state index >= 15 is 0 Å². The molecule has 0 aliphatic carbocycles. The molecular formula is C14H20N6O5. The number of aliphatic hydroxyl groups excluding tert-OH is 3. The van der Waals surface area contributed by atoms with Gasteiger partial charge < -0.3 is 35.3 Å². The number of hydrogen-bond donors (Lipinski definition) is 5. The molecule has 4 rings (SSSR count). The Balaban J connectivity index is 1.86. The molecule has 2 aliphatic heterocycles. The first-order valence-corrected chi connectivity index (χ1v) is 8.15. The van der Waals surface area contributed by atoms with Crippen LogP contribution in [0.15, 0.2) is 11.1 Å². The minimum absolute atomic E-state index is 0.133. The van der Waals surface area contributed by atoms with E-state index in [-0.39, 0.29) is 11.2 Å². The van der Waals surface area contributed by atoms with E-state index in [9.17, 15) is 20.1 Å². The van der Waals surface area contributed by atoms with Crippen LogP contribution in [0.3, 0.4) is 0 Å². The van der Waals surface area contributed by atoms with Crippen molar-refractivity contribution in [2.45, 2.75) is 24.5 Å². The van der Waals surface area contributed by atoms with Crippen LogP contribution in [-0.2, 0) is 4.74 Å². The molecule has 2 saturated heterocycles. The third-order valence-corrected chi connectivity index (χ3v) is 4.64. The number of anilines is 1. The Morgan fingerprint density at radius 1 is 1.28 bits per heavy atom. The average molecular weight is 352 g/mol. The van der Waals surface area contributed by atoms with Gasteiger partial charge in [-0.15, -0.1) is 0 Å². The van der Waals surface area contributed by atoms with E-state index in [4.69, 9.17) is 4.74 Å². The SMILES string of the molecule is O=c1[nH]cnc2c1nc(N1CCNCC1)n2[C@@H]1O[C@@H](CO)[C@@H](O)[C@@H]1O. The lowest BCUT2D eigenvalue weighted by molar-refractivity contribution is -0.0504. The van der Waals surface area contributed by atoms with Gasteiger partial charge in [-0.1, -0.05) is 0 Å². The summed E-state index contributed by atoms with van der Waals surface area (Å²) in [5, 5.41) is 33.0. The first-order chi connectivity index (χ1) is 12.1. The molecular weight excluding hydrogens is 332 g/mol. The fourth-order valence-electron chi connectivity index (χ4n) is 3.32. The normalized spacial score (nSPS) is 30.3. The zero-order valence-electron chi connectivity index (χ0n) is 13.4. The van der Waals surface area contributed by atoms with Gasteiger partial charge in [-0.2, -0.15) is 0 Å². The number of H-pyrrole nitrogens is 1. The standard InChI is InChI=1S/C14H20N6O5/c21-5-7-9(22)10(23)13(25-7)20-11-8(12(24)17-6-16-11)18-14(20)19-3-1-15-2-4-19/h6-7,9-10,13,15,21-23H,1-5H2,(H,16,17,24)/t7-,9+,10-,13+/m0/s1. The molecule has 0 bridgehead atoms. The molecule has 2 fully saturated rings. The molecule has 0 aromatic carbocycles. The van der Waals surface area contributed by atoms with Crippen molar-refractivity contribution in [3.05, 3.63) is 16.7 Å². The molecule has 136 valence electrons. The second-order valence-electron chi connectivity index (χ2n) is 6.15. The van der Waals surface area contributed by atoms with Crippen LogP contribution in [0, 0.1) is 0 Å². The average Bonchev–Trinajstić information content (AvgIpc) is 3.15. The van der Waals surface area contributed by atoms with Crippen molar-refractivity contribution in [2.24, 2.45) is 0 Å². The second kappa shape index (κ2) is 6.35. The van der Waals surface area contributed by atoms with Crippen LogP contribution in [0.1, 0.15) is 6.23 Å². The molecule has 2 aliphatic rings. The Morgan fingerprint density at radius 2 is 2.04 bits per heavy atom. The molecule has 4 heterocycles. The number of piperazine rings is 1. The summed E-state index contributed by atoms with van der Waals surface area (Å²) in [7, 11) is 0. The van der Waals surface area contributed by atoms with Crippen LogP contribution in [0.2, 0.25) is 0 Å². The highest BCUT2D eigenvalue weighted by Gasteiger charge is 2.45. The summed E-state index contributed by atoms with van der Waals surface area (Å²) in [6.07, 6.45) is -3.19. The molecule has 0 saturated carbocycles. The third-order valence-electron chi connectivity index (χ3n) is 4.64. The highest BCUT2D eigenvalue weighted by molar-refractivity contribution is 5.74. The molecule has 0 radical (unpaired) electrons. The number of nitrogens with zero attached hydrogens (tertiary/aromatic N) is 4. The minimum atomic E-state index is -1.28. The molecule has 0 spiro atoms. The highest BCUT2D eigenvalue weighted by atomic mass is 16.6. The number of hydrogen-bond acceptors (Lipinski definition) is 9. The second-order valence-corrected chi connectivity index (χ2v) is 6.15. The maximum absolute atomic E-state index is 12.1. The number of nitrogens with one attached hydrogen (secondary N) is 2. The van der Waals surface area contributed by atoms with Gasteiger partial charge in [-0.3, -0.25) is 9.36 Å². The van der Waals surface area contributed by atoms with Crippen molar-refractivity contribution >= 4 is 17.1 Å². The lowest BCUT2D eigenvalue weighted by atomic mass is 10.1. The van der Waals surface area contributed by atoms with Gasteiger partial charge in [-0.05, 0) is 0 Å². The lowest BCUT2D eigenvalue weighted by Gasteiger charge is -2.30. The summed E-state index contributed by atoms with van der Waals surface area (Å²) in [5.41, 5.74) is -0.00669. The summed E-state index contributed by atoms with van der Waals surface area (Å²) in [5.74, 6) is 0.440. The van der Waals surface area contributed by atoms with Crippen LogP contribution in [-0.4, -0.2) is 85.9 Å². The van der Waals surface area contributed by atoms with Crippen molar-refractivity contribution in [1.82, 2.24) is 24.8 Å². The molecule has 11 heteroatoms. The Hall–Kier alpha value is -2.05. The molecule has 0 unspecified atom stereocenters. The van der Waals surface area contributed by atoms with Crippen LogP contribution in [0.4, 0.5) is 5.95 Å². The first-order valence-electron chi connectivity index (χ1n) is 8.15. The summed E-state index contributed by atoms with van der Waals surface area (Å²) in [6, 6.07) is 0. The van der Waals surface area contributed by atoms with Gasteiger partial charge >= 0.3 is 0 Å². The van der Waals surface area contributed by atoms with E-state index in [0.717, 1.165) is 13.1 Å². The third kappa shape index (κ3) is 2.60. The smallest absolute Gasteiger partial charge is 0.278 e. The topological polar surface area (TPSA) is 149 Å². The Bertz CT molecular complexity index is 816. The van der Waals surface area contributed by atoms with Crippen LogP contribution < -0.4 is 15.8 Å². The largest absolute Gasteiger partial charge is 0.394 e. The number of aliphatic hydroxyl groups is 3. The van der Waals surface area contributed by atoms with E-state index in [2.05, 4.69) is 20.3 Å².